The molecule has 0 saturated carbocycles. The lowest BCUT2D eigenvalue weighted by Gasteiger charge is -2.32. The molecule has 11 heteroatoms. The Balaban J connectivity index is 2.00. The number of nitrogens with zero attached hydrogens (tertiary/aromatic N) is 2. The number of para-hydroxylation sites is 1. The first-order valence-corrected chi connectivity index (χ1v) is 14.9. The van der Waals surface area contributed by atoms with Crippen molar-refractivity contribution in [2.45, 2.75) is 38.3 Å². The summed E-state index contributed by atoms with van der Waals surface area (Å²) in [6.45, 7) is 5.44. The number of rotatable bonds is 12. The molecule has 40 heavy (non-hydrogen) atoms. The maximum atomic E-state index is 13.9. The number of methoxy groups -OCH3 is 1. The van der Waals surface area contributed by atoms with E-state index in [0.29, 0.717) is 33.6 Å². The summed E-state index contributed by atoms with van der Waals surface area (Å²) in [6.07, 6.45) is 0. The first-order chi connectivity index (χ1) is 18.9. The molecule has 0 unspecified atom stereocenters. The topological polar surface area (TPSA) is 96.0 Å². The first kappa shape index (κ1) is 31.3. The third kappa shape index (κ3) is 7.90. The van der Waals surface area contributed by atoms with Gasteiger partial charge in [0, 0.05) is 13.1 Å². The van der Waals surface area contributed by atoms with Crippen LogP contribution >= 0.6 is 23.2 Å². The highest BCUT2D eigenvalue weighted by Crippen LogP contribution is 2.27. The number of amides is 2. The Bertz CT molecular complexity index is 1420. The number of carbonyl (C=O) groups excluding carboxylic acids is 2. The van der Waals surface area contributed by atoms with Crippen LogP contribution in [-0.4, -0.2) is 51.4 Å². The van der Waals surface area contributed by atoms with Crippen molar-refractivity contribution < 1.29 is 22.7 Å². The molecule has 3 aromatic carbocycles. The summed E-state index contributed by atoms with van der Waals surface area (Å²) in [5.74, 6) is -0.223. The molecule has 0 aliphatic heterocycles. The van der Waals surface area contributed by atoms with E-state index in [1.165, 1.54) is 36.3 Å². The average Bonchev–Trinajstić information content (AvgIpc) is 2.95. The number of nitrogens with one attached hydrogen (secondary N) is 1. The van der Waals surface area contributed by atoms with Crippen LogP contribution in [-0.2, 0) is 26.2 Å². The van der Waals surface area contributed by atoms with Crippen LogP contribution in [0.15, 0.2) is 77.7 Å². The van der Waals surface area contributed by atoms with Gasteiger partial charge in [0.2, 0.25) is 11.8 Å². The normalized spacial score (nSPS) is 12.1. The van der Waals surface area contributed by atoms with E-state index < -0.39 is 28.5 Å². The largest absolute Gasteiger partial charge is 0.497 e. The maximum Gasteiger partial charge on any atom is 0.264 e. The molecule has 0 aliphatic rings. The molecule has 0 bridgehead atoms. The second-order valence-electron chi connectivity index (χ2n) is 9.61. The Morgan fingerprint density at radius 2 is 1.57 bits per heavy atom. The standard InChI is InChI=1S/C29H33Cl2N3O5S/c1-20(2)17-32-29(36)21(3)33(18-22-10-15-26(30)27(31)16-22)28(35)19-34(23-8-6-5-7-9-23)40(37,38)25-13-11-24(39-4)12-14-25/h5-16,20-21H,17-19H2,1-4H3,(H,32,36)/t21-/m1/s1. The number of sulfonamides is 1. The van der Waals surface area contributed by atoms with Gasteiger partial charge in [-0.1, -0.05) is 61.3 Å². The Labute approximate surface area is 245 Å². The van der Waals surface area contributed by atoms with Gasteiger partial charge in [0.25, 0.3) is 10.0 Å². The minimum atomic E-state index is -4.17. The molecule has 214 valence electrons. The smallest absolute Gasteiger partial charge is 0.264 e. The van der Waals surface area contributed by atoms with Gasteiger partial charge in [-0.25, -0.2) is 8.42 Å². The van der Waals surface area contributed by atoms with E-state index in [0.717, 1.165) is 4.31 Å². The zero-order chi connectivity index (χ0) is 29.4. The molecule has 2 amide bonds. The van der Waals surface area contributed by atoms with Gasteiger partial charge >= 0.3 is 0 Å². The van der Waals surface area contributed by atoms with E-state index in [1.54, 1.807) is 55.5 Å². The molecule has 3 aromatic rings. The highest BCUT2D eigenvalue weighted by atomic mass is 35.5. The van der Waals surface area contributed by atoms with Gasteiger partial charge < -0.3 is 15.0 Å². The van der Waals surface area contributed by atoms with Crippen LogP contribution < -0.4 is 14.4 Å². The molecule has 0 heterocycles. The minimum absolute atomic E-state index is 0.0105. The van der Waals surface area contributed by atoms with Crippen molar-refractivity contribution in [3.63, 3.8) is 0 Å². The van der Waals surface area contributed by atoms with Crippen LogP contribution in [0.2, 0.25) is 10.0 Å². The Kier molecular flexibility index (Phi) is 10.8. The third-order valence-corrected chi connectivity index (χ3v) is 8.69. The number of anilines is 1. The summed E-state index contributed by atoms with van der Waals surface area (Å²) in [7, 11) is -2.68. The molecule has 0 aliphatic carbocycles. The van der Waals surface area contributed by atoms with Gasteiger partial charge in [-0.05, 0) is 66.9 Å². The predicted molar refractivity (Wildman–Crippen MR) is 158 cm³/mol. The van der Waals surface area contributed by atoms with E-state index in [2.05, 4.69) is 5.32 Å². The van der Waals surface area contributed by atoms with E-state index >= 15 is 0 Å². The summed E-state index contributed by atoms with van der Waals surface area (Å²) in [6, 6.07) is 18.3. The summed E-state index contributed by atoms with van der Waals surface area (Å²) in [4.78, 5) is 28.3. The number of hydrogen-bond acceptors (Lipinski definition) is 5. The second kappa shape index (κ2) is 13.9. The molecule has 0 radical (unpaired) electrons. The third-order valence-electron chi connectivity index (χ3n) is 6.16. The van der Waals surface area contributed by atoms with Gasteiger partial charge in [0.1, 0.15) is 18.3 Å². The first-order valence-electron chi connectivity index (χ1n) is 12.7. The number of carbonyl (C=O) groups is 2. The van der Waals surface area contributed by atoms with Crippen molar-refractivity contribution in [1.29, 1.82) is 0 Å². The van der Waals surface area contributed by atoms with Gasteiger partial charge in [-0.15, -0.1) is 0 Å². The lowest BCUT2D eigenvalue weighted by Crippen LogP contribution is -2.51. The Morgan fingerprint density at radius 3 is 2.15 bits per heavy atom. The van der Waals surface area contributed by atoms with Crippen LogP contribution in [0.3, 0.4) is 0 Å². The summed E-state index contributed by atoms with van der Waals surface area (Å²) >= 11 is 12.3. The molecule has 1 atom stereocenters. The highest BCUT2D eigenvalue weighted by molar-refractivity contribution is 7.92. The monoisotopic (exact) mass is 605 g/mol. The van der Waals surface area contributed by atoms with E-state index in [9.17, 15) is 18.0 Å². The SMILES string of the molecule is COc1ccc(S(=O)(=O)N(CC(=O)N(Cc2ccc(Cl)c(Cl)c2)[C@H](C)C(=O)NCC(C)C)c2ccccc2)cc1. The molecule has 0 saturated heterocycles. The number of benzene rings is 3. The minimum Gasteiger partial charge on any atom is -0.497 e. The highest BCUT2D eigenvalue weighted by Gasteiger charge is 2.32. The quantitative estimate of drug-likeness (QED) is 0.299. The van der Waals surface area contributed by atoms with Crippen LogP contribution in [0.4, 0.5) is 5.69 Å². The van der Waals surface area contributed by atoms with Gasteiger partial charge in [-0.2, -0.15) is 0 Å². The van der Waals surface area contributed by atoms with Crippen molar-refractivity contribution in [2.75, 3.05) is 24.5 Å². The van der Waals surface area contributed by atoms with Gasteiger partial charge in [0.15, 0.2) is 0 Å². The van der Waals surface area contributed by atoms with Crippen molar-refractivity contribution >= 4 is 50.7 Å². The van der Waals surface area contributed by atoms with Crippen LogP contribution in [0, 0.1) is 5.92 Å². The molecule has 1 N–H and O–H groups in total. The fraction of sp³-hybridized carbons (Fsp3) is 0.310. The summed E-state index contributed by atoms with van der Waals surface area (Å²) in [5.41, 5.74) is 0.939. The van der Waals surface area contributed by atoms with Gasteiger partial charge in [-0.3, -0.25) is 13.9 Å². The zero-order valence-corrected chi connectivity index (χ0v) is 25.1. The second-order valence-corrected chi connectivity index (χ2v) is 12.3. The fourth-order valence-electron chi connectivity index (χ4n) is 3.87. The molecule has 3 rings (SSSR count). The maximum absolute atomic E-state index is 13.9. The lowest BCUT2D eigenvalue weighted by molar-refractivity contribution is -0.139. The number of halogens is 2. The summed E-state index contributed by atoms with van der Waals surface area (Å²) in [5, 5.41) is 3.51. The molecule has 8 nitrogen and oxygen atoms in total. The van der Waals surface area contributed by atoms with E-state index in [4.69, 9.17) is 27.9 Å². The lowest BCUT2D eigenvalue weighted by atomic mass is 10.1. The number of hydrogen-bond donors (Lipinski definition) is 1. The fourth-order valence-corrected chi connectivity index (χ4v) is 5.60. The van der Waals surface area contributed by atoms with Crippen LogP contribution in [0.5, 0.6) is 5.75 Å². The molecule has 0 aromatic heterocycles. The van der Waals surface area contributed by atoms with Crippen molar-refractivity contribution in [1.82, 2.24) is 10.2 Å². The molecular weight excluding hydrogens is 573 g/mol. The van der Waals surface area contributed by atoms with Crippen LogP contribution in [0.25, 0.3) is 0 Å². The summed E-state index contributed by atoms with van der Waals surface area (Å²) < 4.78 is 33.8. The molecular formula is C29H33Cl2N3O5S. The average molecular weight is 607 g/mol. The van der Waals surface area contributed by atoms with Crippen molar-refractivity contribution in [3.05, 3.63) is 88.4 Å². The Morgan fingerprint density at radius 1 is 0.925 bits per heavy atom. The predicted octanol–water partition coefficient (Wildman–Crippen LogP) is 5.39. The van der Waals surface area contributed by atoms with Crippen LogP contribution in [0.1, 0.15) is 26.3 Å². The van der Waals surface area contributed by atoms with Crippen molar-refractivity contribution in [3.8, 4) is 5.75 Å². The number of ether oxygens (including phenoxy) is 1. The Hall–Kier alpha value is -3.27. The van der Waals surface area contributed by atoms with Gasteiger partial charge in [0.05, 0.1) is 27.7 Å². The molecule has 0 spiro atoms. The molecule has 0 fully saturated rings. The van der Waals surface area contributed by atoms with E-state index in [-0.39, 0.29) is 23.3 Å². The zero-order valence-electron chi connectivity index (χ0n) is 22.8. The van der Waals surface area contributed by atoms with Crippen molar-refractivity contribution in [2.24, 2.45) is 5.92 Å². The van der Waals surface area contributed by atoms with E-state index in [1.807, 2.05) is 13.8 Å².